The predicted molar refractivity (Wildman–Crippen MR) is 91.6 cm³/mol. The summed E-state index contributed by atoms with van der Waals surface area (Å²) < 4.78 is 21.9. The van der Waals surface area contributed by atoms with Gasteiger partial charge in [0, 0.05) is 24.3 Å². The summed E-state index contributed by atoms with van der Waals surface area (Å²) in [7, 11) is 2.75. The minimum atomic E-state index is -2.22. The van der Waals surface area contributed by atoms with E-state index in [2.05, 4.69) is 0 Å². The number of fused-ring (bicyclic) bond motifs is 4. The molecule has 0 fully saturated rings. The van der Waals surface area contributed by atoms with E-state index in [4.69, 9.17) is 18.9 Å². The molecule has 4 rings (SSSR count). The Morgan fingerprint density at radius 1 is 1.19 bits per heavy atom. The fourth-order valence-corrected chi connectivity index (χ4v) is 3.61. The van der Waals surface area contributed by atoms with Crippen LogP contribution in [0.15, 0.2) is 24.3 Å². The van der Waals surface area contributed by atoms with Crippen LogP contribution in [-0.2, 0) is 10.3 Å². The molecule has 0 saturated heterocycles. The molecular weight excluding hydrogens is 356 g/mol. The Hall–Kier alpha value is -2.97. The third kappa shape index (κ3) is 2.14. The van der Waals surface area contributed by atoms with Crippen LogP contribution in [-0.4, -0.2) is 47.7 Å². The Balaban J connectivity index is 2.00. The van der Waals surface area contributed by atoms with Gasteiger partial charge in [0.05, 0.1) is 7.11 Å². The summed E-state index contributed by atoms with van der Waals surface area (Å²) in [6.45, 7) is 1.58. The number of rotatable bonds is 2. The molecule has 0 radical (unpaired) electrons. The van der Waals surface area contributed by atoms with Crippen LogP contribution in [0.3, 0.4) is 0 Å². The number of carbonyl (C=O) groups is 1. The number of methoxy groups -OCH3 is 2. The lowest BCUT2D eigenvalue weighted by Crippen LogP contribution is -2.62. The first-order chi connectivity index (χ1) is 12.8. The number of benzene rings is 2. The van der Waals surface area contributed by atoms with Gasteiger partial charge in [-0.25, -0.2) is 0 Å². The number of aliphatic hydroxyl groups is 1. The summed E-state index contributed by atoms with van der Waals surface area (Å²) in [6.07, 6.45) is -2.44. The average molecular weight is 374 g/mol. The lowest BCUT2D eigenvalue weighted by molar-refractivity contribution is -0.192. The van der Waals surface area contributed by atoms with Gasteiger partial charge in [0.25, 0.3) is 0 Å². The molecule has 2 aliphatic heterocycles. The highest BCUT2D eigenvalue weighted by molar-refractivity contribution is 6.09. The van der Waals surface area contributed by atoms with Gasteiger partial charge in [-0.05, 0) is 13.0 Å². The smallest absolute Gasteiger partial charge is 0.240 e. The van der Waals surface area contributed by atoms with E-state index in [-0.39, 0.29) is 34.1 Å². The van der Waals surface area contributed by atoms with Gasteiger partial charge in [0.2, 0.25) is 18.2 Å². The van der Waals surface area contributed by atoms with E-state index in [1.165, 1.54) is 38.5 Å². The van der Waals surface area contributed by atoms with E-state index in [9.17, 15) is 20.1 Å². The average Bonchev–Trinajstić information content (AvgIpc) is 2.66. The van der Waals surface area contributed by atoms with E-state index in [0.717, 1.165) is 0 Å². The van der Waals surface area contributed by atoms with E-state index in [1.807, 2.05) is 0 Å². The normalized spacial score (nSPS) is 25.6. The van der Waals surface area contributed by atoms with Crippen molar-refractivity contribution in [3.05, 3.63) is 41.0 Å². The van der Waals surface area contributed by atoms with Crippen LogP contribution in [0.2, 0.25) is 0 Å². The second kappa shape index (κ2) is 5.77. The Labute approximate surface area is 154 Å². The Kier molecular flexibility index (Phi) is 3.72. The van der Waals surface area contributed by atoms with Gasteiger partial charge in [-0.2, -0.15) is 0 Å². The molecular formula is C19H18O8. The van der Waals surface area contributed by atoms with E-state index < -0.39 is 23.8 Å². The molecule has 0 spiro atoms. The van der Waals surface area contributed by atoms with Crippen LogP contribution in [0.25, 0.3) is 0 Å². The zero-order valence-electron chi connectivity index (χ0n) is 14.8. The largest absolute Gasteiger partial charge is 0.507 e. The summed E-state index contributed by atoms with van der Waals surface area (Å²) in [5.74, 6) is -1.09. The third-order valence-corrected chi connectivity index (χ3v) is 5.05. The minimum absolute atomic E-state index is 0.0318. The standard InChI is InChI=1S/C19H18O8/c1-8-11(24-2)7-12-13(14(8)21)16(22)19(23)9-5-4-6-10(20)15(9)27-18(25-3)17(19)26-12/h4-7,17-18,20-21,23H,1-3H3/t17-,18+,19-/m0/s1. The van der Waals surface area contributed by atoms with E-state index in [1.54, 1.807) is 6.92 Å². The highest BCUT2D eigenvalue weighted by Crippen LogP contribution is 2.53. The molecule has 0 aliphatic carbocycles. The zero-order chi connectivity index (χ0) is 19.5. The molecule has 3 atom stereocenters. The van der Waals surface area contributed by atoms with Gasteiger partial charge in [0.15, 0.2) is 17.1 Å². The van der Waals surface area contributed by atoms with Crippen molar-refractivity contribution in [2.45, 2.75) is 24.9 Å². The number of Topliss-reactive ketones (excluding diaryl/α,β-unsaturated/α-hetero) is 1. The van der Waals surface area contributed by atoms with Crippen LogP contribution in [0.5, 0.6) is 28.7 Å². The fourth-order valence-electron chi connectivity index (χ4n) is 3.61. The van der Waals surface area contributed by atoms with Crippen molar-refractivity contribution in [1.29, 1.82) is 0 Å². The van der Waals surface area contributed by atoms with Crippen molar-refractivity contribution in [1.82, 2.24) is 0 Å². The van der Waals surface area contributed by atoms with E-state index in [0.29, 0.717) is 11.3 Å². The molecule has 8 heteroatoms. The van der Waals surface area contributed by atoms with Crippen molar-refractivity contribution < 1.29 is 39.1 Å². The molecule has 0 bridgehead atoms. The van der Waals surface area contributed by atoms with Crippen LogP contribution in [0, 0.1) is 6.92 Å². The van der Waals surface area contributed by atoms with Gasteiger partial charge in [-0.15, -0.1) is 0 Å². The van der Waals surface area contributed by atoms with Crippen molar-refractivity contribution in [2.75, 3.05) is 14.2 Å². The summed E-state index contributed by atoms with van der Waals surface area (Å²) in [5, 5.41) is 32.1. The molecule has 0 saturated carbocycles. The molecule has 3 N–H and O–H groups in total. The molecule has 0 aromatic heterocycles. The maximum atomic E-state index is 13.4. The molecule has 2 aliphatic rings. The second-order valence-electron chi connectivity index (χ2n) is 6.44. The predicted octanol–water partition coefficient (Wildman–Crippen LogP) is 1.61. The number of phenolic OH excluding ortho intramolecular Hbond substituents is 2. The topological polar surface area (TPSA) is 115 Å². The molecule has 142 valence electrons. The SMILES string of the molecule is COc1cc2c(c(O)c1C)C(=O)[C@@]1(O)c3cccc(O)c3O[C@@H](OC)[C@@H]1O2. The van der Waals surface area contributed by atoms with Gasteiger partial charge in [-0.1, -0.05) is 12.1 Å². The Morgan fingerprint density at radius 2 is 1.93 bits per heavy atom. The van der Waals surface area contributed by atoms with Gasteiger partial charge in [-0.3, -0.25) is 4.79 Å². The number of carbonyl (C=O) groups excluding carboxylic acids is 1. The number of phenols is 2. The van der Waals surface area contributed by atoms with Crippen LogP contribution >= 0.6 is 0 Å². The third-order valence-electron chi connectivity index (χ3n) is 5.05. The summed E-state index contributed by atoms with van der Waals surface area (Å²) in [5.41, 5.74) is -2.03. The molecule has 2 aromatic rings. The van der Waals surface area contributed by atoms with Crippen molar-refractivity contribution >= 4 is 5.78 Å². The number of aromatic hydroxyl groups is 2. The Bertz CT molecular complexity index is 953. The summed E-state index contributed by atoms with van der Waals surface area (Å²) >= 11 is 0. The van der Waals surface area contributed by atoms with Crippen LogP contribution < -0.4 is 14.2 Å². The first kappa shape index (κ1) is 17.4. The quantitative estimate of drug-likeness (QED) is 0.726. The highest BCUT2D eigenvalue weighted by Gasteiger charge is 2.61. The maximum absolute atomic E-state index is 13.4. The van der Waals surface area contributed by atoms with Gasteiger partial charge >= 0.3 is 0 Å². The molecule has 2 heterocycles. The zero-order valence-corrected chi connectivity index (χ0v) is 14.8. The highest BCUT2D eigenvalue weighted by atomic mass is 16.7. The monoisotopic (exact) mass is 374 g/mol. The van der Waals surface area contributed by atoms with Gasteiger partial charge < -0.3 is 34.3 Å². The molecule has 0 amide bonds. The lowest BCUT2D eigenvalue weighted by Gasteiger charge is -2.46. The fraction of sp³-hybridized carbons (Fsp3) is 0.316. The number of ether oxygens (including phenoxy) is 4. The molecule has 8 nitrogen and oxygen atoms in total. The number of para-hydroxylation sites is 1. The first-order valence-corrected chi connectivity index (χ1v) is 8.20. The van der Waals surface area contributed by atoms with Crippen molar-refractivity contribution in [2.24, 2.45) is 0 Å². The molecule has 0 unspecified atom stereocenters. The lowest BCUT2D eigenvalue weighted by atomic mass is 9.76. The molecule has 2 aromatic carbocycles. The minimum Gasteiger partial charge on any atom is -0.507 e. The van der Waals surface area contributed by atoms with Crippen molar-refractivity contribution in [3.8, 4) is 28.7 Å². The summed E-state index contributed by atoms with van der Waals surface area (Å²) in [4.78, 5) is 13.4. The number of hydrogen-bond acceptors (Lipinski definition) is 8. The summed E-state index contributed by atoms with van der Waals surface area (Å²) in [6, 6.07) is 5.76. The Morgan fingerprint density at radius 3 is 2.59 bits per heavy atom. The number of hydrogen-bond donors (Lipinski definition) is 3. The van der Waals surface area contributed by atoms with Crippen LogP contribution in [0.1, 0.15) is 21.5 Å². The first-order valence-electron chi connectivity index (χ1n) is 8.20. The molecule has 27 heavy (non-hydrogen) atoms. The maximum Gasteiger partial charge on any atom is 0.240 e. The van der Waals surface area contributed by atoms with Gasteiger partial charge in [0.1, 0.15) is 22.8 Å². The number of ketones is 1. The van der Waals surface area contributed by atoms with Crippen molar-refractivity contribution in [3.63, 3.8) is 0 Å². The van der Waals surface area contributed by atoms with Crippen LogP contribution in [0.4, 0.5) is 0 Å². The second-order valence-corrected chi connectivity index (χ2v) is 6.44. The van der Waals surface area contributed by atoms with E-state index >= 15 is 0 Å².